The Kier molecular flexibility index (Phi) is 2.90. The van der Waals surface area contributed by atoms with Crippen molar-refractivity contribution in [2.24, 2.45) is 0 Å². The Morgan fingerprint density at radius 2 is 0.643 bits per heavy atom. The Labute approximate surface area is 70.7 Å². The van der Waals surface area contributed by atoms with Crippen LogP contribution < -0.4 is 0 Å². The first-order chi connectivity index (χ1) is 5.75. The SMILES string of the molecule is FC(F)(F)[Si](F)(C(F)(F)F)C(F)(F)F. The Morgan fingerprint density at radius 1 is 0.500 bits per heavy atom. The summed E-state index contributed by atoms with van der Waals surface area (Å²) in [7, 11) is -8.85. The van der Waals surface area contributed by atoms with Gasteiger partial charge in [-0.05, 0) is 0 Å². The van der Waals surface area contributed by atoms with Crippen LogP contribution in [-0.2, 0) is 0 Å². The molecule has 0 amide bonds. The van der Waals surface area contributed by atoms with Gasteiger partial charge in [-0.25, -0.2) is 0 Å². The standard InChI is InChI=1S/C3F10Si/c4-1(5,6)14(13,2(7,8)9)3(10,11)12. The van der Waals surface area contributed by atoms with Crippen LogP contribution in [-0.4, -0.2) is 25.8 Å². The highest BCUT2D eigenvalue weighted by atomic mass is 28.4. The molecule has 0 unspecified atom stereocenters. The second-order valence-electron chi connectivity index (χ2n) is 2.15. The zero-order valence-electron chi connectivity index (χ0n) is 5.78. The molecule has 86 valence electrons. The third kappa shape index (κ3) is 1.81. The molecule has 0 aromatic heterocycles. The van der Waals surface area contributed by atoms with Crippen molar-refractivity contribution >= 4 is 8.41 Å². The van der Waals surface area contributed by atoms with Gasteiger partial charge in [0.1, 0.15) is 0 Å². The minimum absolute atomic E-state index is 6.95. The van der Waals surface area contributed by atoms with Crippen molar-refractivity contribution in [3.8, 4) is 0 Å². The van der Waals surface area contributed by atoms with Gasteiger partial charge in [0.05, 0.1) is 0 Å². The average Bonchev–Trinajstić information content (AvgIpc) is 1.77. The van der Waals surface area contributed by atoms with Gasteiger partial charge in [-0.2, -0.15) is 39.5 Å². The van der Waals surface area contributed by atoms with Crippen molar-refractivity contribution in [1.29, 1.82) is 0 Å². The molecule has 0 aliphatic heterocycles. The third-order valence-corrected chi connectivity index (χ3v) is 3.52. The molecule has 0 saturated carbocycles. The molecule has 0 nitrogen and oxygen atoms in total. The van der Waals surface area contributed by atoms with Gasteiger partial charge in [0, 0.05) is 0 Å². The predicted molar refractivity (Wildman–Crippen MR) is 25.0 cm³/mol. The molecule has 0 fully saturated rings. The quantitative estimate of drug-likeness (QED) is 0.354. The van der Waals surface area contributed by atoms with Gasteiger partial charge >= 0.3 is 25.8 Å². The molecule has 14 heavy (non-hydrogen) atoms. The second kappa shape index (κ2) is 3.00. The Balaban J connectivity index is 5.54. The maximum absolute atomic E-state index is 12.1. The van der Waals surface area contributed by atoms with Crippen LogP contribution >= 0.6 is 0 Å². The average molecular weight is 254 g/mol. The van der Waals surface area contributed by atoms with Crippen molar-refractivity contribution < 1.29 is 43.6 Å². The molecule has 0 aromatic rings. The summed E-state index contributed by atoms with van der Waals surface area (Å²) in [5.74, 6) is -20.9. The lowest BCUT2D eigenvalue weighted by Crippen LogP contribution is -2.68. The number of alkyl halides is 9. The van der Waals surface area contributed by atoms with Crippen molar-refractivity contribution in [3.05, 3.63) is 0 Å². The fourth-order valence-corrected chi connectivity index (χ4v) is 1.45. The summed E-state index contributed by atoms with van der Waals surface area (Å²) in [6, 6.07) is 0. The summed E-state index contributed by atoms with van der Waals surface area (Å²) in [5.41, 5.74) is 0. The van der Waals surface area contributed by atoms with E-state index in [1.54, 1.807) is 0 Å². The highest BCUT2D eigenvalue weighted by molar-refractivity contribution is 6.78. The molecule has 0 saturated heterocycles. The van der Waals surface area contributed by atoms with E-state index in [0.29, 0.717) is 0 Å². The lowest BCUT2D eigenvalue weighted by molar-refractivity contribution is -0.177. The molecule has 0 aliphatic carbocycles. The molecule has 0 spiro atoms. The van der Waals surface area contributed by atoms with Crippen LogP contribution in [0.2, 0.25) is 0 Å². The molecule has 11 heteroatoms. The lowest BCUT2D eigenvalue weighted by atomic mass is 11.4. The molecule has 0 N–H and O–H groups in total. The molecule has 0 atom stereocenters. The van der Waals surface area contributed by atoms with Crippen LogP contribution in [0.15, 0.2) is 0 Å². The Bertz CT molecular complexity index is 169. The van der Waals surface area contributed by atoms with Crippen molar-refractivity contribution in [2.45, 2.75) is 17.4 Å². The van der Waals surface area contributed by atoms with Gasteiger partial charge in [-0.15, -0.1) is 0 Å². The third-order valence-electron chi connectivity index (χ3n) is 1.17. The molecule has 0 bridgehead atoms. The molecular formula is C3F10Si. The van der Waals surface area contributed by atoms with E-state index < -0.39 is 25.8 Å². The summed E-state index contributed by atoms with van der Waals surface area (Å²) in [6.45, 7) is 0. The summed E-state index contributed by atoms with van der Waals surface area (Å²) in [6.07, 6.45) is 0. The van der Waals surface area contributed by atoms with E-state index in [2.05, 4.69) is 0 Å². The number of rotatable bonds is 0. The van der Waals surface area contributed by atoms with Crippen molar-refractivity contribution in [3.63, 3.8) is 0 Å². The van der Waals surface area contributed by atoms with Gasteiger partial charge < -0.3 is 0 Å². The van der Waals surface area contributed by atoms with Crippen molar-refractivity contribution in [1.82, 2.24) is 0 Å². The van der Waals surface area contributed by atoms with Gasteiger partial charge in [0.2, 0.25) is 0 Å². The summed E-state index contributed by atoms with van der Waals surface area (Å²) < 4.78 is 114. The van der Waals surface area contributed by atoms with E-state index in [0.717, 1.165) is 0 Å². The normalized spacial score (nSPS) is 15.9. The zero-order chi connectivity index (χ0) is 12.0. The topological polar surface area (TPSA) is 0 Å². The largest absolute Gasteiger partial charge is 0.588 e. The van der Waals surface area contributed by atoms with Crippen LogP contribution in [0.25, 0.3) is 0 Å². The Morgan fingerprint density at radius 3 is 0.643 bits per heavy atom. The predicted octanol–water partition coefficient (Wildman–Crippen LogP) is 3.21. The molecular weight excluding hydrogens is 254 g/mol. The molecule has 0 aromatic carbocycles. The van der Waals surface area contributed by atoms with Gasteiger partial charge in [-0.3, -0.25) is 4.11 Å². The number of hydrogen-bond acceptors (Lipinski definition) is 0. The summed E-state index contributed by atoms with van der Waals surface area (Å²) >= 11 is 0. The zero-order valence-corrected chi connectivity index (χ0v) is 6.78. The molecule has 0 rings (SSSR count). The lowest BCUT2D eigenvalue weighted by Gasteiger charge is -2.28. The van der Waals surface area contributed by atoms with Crippen molar-refractivity contribution in [2.75, 3.05) is 0 Å². The van der Waals surface area contributed by atoms with E-state index in [-0.39, 0.29) is 0 Å². The van der Waals surface area contributed by atoms with E-state index >= 15 is 0 Å². The number of hydrogen-bond donors (Lipinski definition) is 0. The van der Waals surface area contributed by atoms with Crippen LogP contribution in [0.4, 0.5) is 43.6 Å². The highest BCUT2D eigenvalue weighted by Gasteiger charge is 2.90. The minimum atomic E-state index is -8.85. The van der Waals surface area contributed by atoms with E-state index in [9.17, 15) is 43.6 Å². The second-order valence-corrected chi connectivity index (χ2v) is 5.17. The first-order valence-corrected chi connectivity index (χ1v) is 4.52. The molecule has 0 aliphatic rings. The first kappa shape index (κ1) is 13.5. The van der Waals surface area contributed by atoms with Gasteiger partial charge in [0.25, 0.3) is 0 Å². The molecule has 0 heterocycles. The van der Waals surface area contributed by atoms with Crippen LogP contribution in [0.1, 0.15) is 0 Å². The maximum Gasteiger partial charge on any atom is 0.588 e. The Hall–Kier alpha value is -0.483. The van der Waals surface area contributed by atoms with Crippen LogP contribution in [0, 0.1) is 0 Å². The van der Waals surface area contributed by atoms with E-state index in [4.69, 9.17) is 0 Å². The maximum atomic E-state index is 12.1. The van der Waals surface area contributed by atoms with Gasteiger partial charge in [-0.1, -0.05) is 0 Å². The fourth-order valence-electron chi connectivity index (χ4n) is 0.482. The summed E-state index contributed by atoms with van der Waals surface area (Å²) in [4.78, 5) is 0. The fraction of sp³-hybridized carbons (Fsp3) is 1.00. The molecule has 0 radical (unpaired) electrons. The smallest absolute Gasteiger partial charge is 0.282 e. The van der Waals surface area contributed by atoms with E-state index in [1.165, 1.54) is 0 Å². The van der Waals surface area contributed by atoms with E-state index in [1.807, 2.05) is 0 Å². The van der Waals surface area contributed by atoms with Crippen LogP contribution in [0.3, 0.4) is 0 Å². The first-order valence-electron chi connectivity index (χ1n) is 2.64. The van der Waals surface area contributed by atoms with Crippen LogP contribution in [0.5, 0.6) is 0 Å². The number of halogens is 10. The van der Waals surface area contributed by atoms with Gasteiger partial charge in [0.15, 0.2) is 0 Å². The summed E-state index contributed by atoms with van der Waals surface area (Å²) in [5, 5.41) is 0. The minimum Gasteiger partial charge on any atom is -0.282 e. The monoisotopic (exact) mass is 254 g/mol. The highest BCUT2D eigenvalue weighted by Crippen LogP contribution is 2.50.